The Kier molecular flexibility index (Phi) is 6.67. The molecule has 0 heterocycles. The van der Waals surface area contributed by atoms with Crippen molar-refractivity contribution in [3.8, 4) is 11.5 Å². The molecular formula is C23H20BrNO4. The van der Waals surface area contributed by atoms with Crippen molar-refractivity contribution in [2.45, 2.75) is 13.8 Å². The van der Waals surface area contributed by atoms with Crippen LogP contribution in [0.25, 0.3) is 0 Å². The molecule has 1 amide bonds. The van der Waals surface area contributed by atoms with Crippen LogP contribution in [0.1, 0.15) is 21.5 Å². The number of para-hydroxylation sites is 1. The summed E-state index contributed by atoms with van der Waals surface area (Å²) < 4.78 is 11.8. The topological polar surface area (TPSA) is 64.6 Å². The fourth-order valence-corrected chi connectivity index (χ4v) is 2.94. The van der Waals surface area contributed by atoms with Gasteiger partial charge in [0.25, 0.3) is 5.91 Å². The zero-order valence-corrected chi connectivity index (χ0v) is 17.7. The average Bonchev–Trinajstić information content (AvgIpc) is 2.71. The van der Waals surface area contributed by atoms with E-state index in [1.165, 1.54) is 0 Å². The molecule has 0 radical (unpaired) electrons. The molecule has 0 bridgehead atoms. The van der Waals surface area contributed by atoms with E-state index in [0.29, 0.717) is 22.7 Å². The number of ether oxygens (including phenoxy) is 2. The summed E-state index contributed by atoms with van der Waals surface area (Å²) in [5.74, 6) is 0.336. The van der Waals surface area contributed by atoms with E-state index in [-0.39, 0.29) is 6.61 Å². The van der Waals surface area contributed by atoms with Gasteiger partial charge in [0.05, 0.1) is 5.56 Å². The molecule has 3 aromatic carbocycles. The van der Waals surface area contributed by atoms with Gasteiger partial charge < -0.3 is 14.8 Å². The Balaban J connectivity index is 1.53. The minimum Gasteiger partial charge on any atom is -0.457 e. The number of anilines is 1. The van der Waals surface area contributed by atoms with Crippen molar-refractivity contribution in [2.75, 3.05) is 11.9 Å². The number of benzene rings is 3. The van der Waals surface area contributed by atoms with Crippen molar-refractivity contribution in [2.24, 2.45) is 0 Å². The standard InChI is InChI=1S/C23H20BrNO4/c1-15-12-18(13-16(2)22(15)24)25-21(26)14-28-23(27)17-8-10-20(11-9-17)29-19-6-4-3-5-7-19/h3-13H,14H2,1-2H3,(H,25,26). The highest BCUT2D eigenvalue weighted by Crippen LogP contribution is 2.25. The third-order valence-corrected chi connectivity index (χ3v) is 5.37. The summed E-state index contributed by atoms with van der Waals surface area (Å²) in [5, 5.41) is 2.74. The van der Waals surface area contributed by atoms with E-state index in [0.717, 1.165) is 15.6 Å². The van der Waals surface area contributed by atoms with Gasteiger partial charge in [0.15, 0.2) is 6.61 Å². The third-order valence-electron chi connectivity index (χ3n) is 4.12. The van der Waals surface area contributed by atoms with Crippen LogP contribution in [0, 0.1) is 13.8 Å². The lowest BCUT2D eigenvalue weighted by molar-refractivity contribution is -0.119. The van der Waals surface area contributed by atoms with E-state index in [9.17, 15) is 9.59 Å². The van der Waals surface area contributed by atoms with Gasteiger partial charge in [-0.2, -0.15) is 0 Å². The molecule has 3 rings (SSSR count). The normalized spacial score (nSPS) is 10.3. The lowest BCUT2D eigenvalue weighted by Crippen LogP contribution is -2.21. The van der Waals surface area contributed by atoms with Crippen LogP contribution in [0.4, 0.5) is 5.69 Å². The highest BCUT2D eigenvalue weighted by atomic mass is 79.9. The zero-order chi connectivity index (χ0) is 20.8. The Bertz CT molecular complexity index is 994. The number of rotatable bonds is 6. The van der Waals surface area contributed by atoms with Crippen LogP contribution in [-0.4, -0.2) is 18.5 Å². The van der Waals surface area contributed by atoms with Gasteiger partial charge >= 0.3 is 5.97 Å². The summed E-state index contributed by atoms with van der Waals surface area (Å²) in [6.07, 6.45) is 0. The Labute approximate surface area is 177 Å². The first-order chi connectivity index (χ1) is 13.9. The Morgan fingerprint density at radius 2 is 1.48 bits per heavy atom. The number of hydrogen-bond donors (Lipinski definition) is 1. The van der Waals surface area contributed by atoms with Crippen molar-refractivity contribution < 1.29 is 19.1 Å². The molecule has 0 spiro atoms. The number of carbonyl (C=O) groups excluding carboxylic acids is 2. The average molecular weight is 454 g/mol. The van der Waals surface area contributed by atoms with Crippen LogP contribution in [0.3, 0.4) is 0 Å². The monoisotopic (exact) mass is 453 g/mol. The SMILES string of the molecule is Cc1cc(NC(=O)COC(=O)c2ccc(Oc3ccccc3)cc2)cc(C)c1Br. The first kappa shape index (κ1) is 20.6. The van der Waals surface area contributed by atoms with Crippen molar-refractivity contribution in [1.82, 2.24) is 0 Å². The number of carbonyl (C=O) groups is 2. The molecule has 29 heavy (non-hydrogen) atoms. The summed E-state index contributed by atoms with van der Waals surface area (Å²) in [7, 11) is 0. The quantitative estimate of drug-likeness (QED) is 0.489. The molecule has 0 aliphatic heterocycles. The fourth-order valence-electron chi connectivity index (χ4n) is 2.71. The maximum Gasteiger partial charge on any atom is 0.338 e. The second-order valence-corrected chi connectivity index (χ2v) is 7.28. The molecule has 5 nitrogen and oxygen atoms in total. The maximum atomic E-state index is 12.2. The predicted molar refractivity (Wildman–Crippen MR) is 115 cm³/mol. The van der Waals surface area contributed by atoms with Gasteiger partial charge in [-0.3, -0.25) is 4.79 Å². The summed E-state index contributed by atoms with van der Waals surface area (Å²) in [4.78, 5) is 24.3. The van der Waals surface area contributed by atoms with Gasteiger partial charge in [0.1, 0.15) is 11.5 Å². The molecule has 0 atom stereocenters. The minimum absolute atomic E-state index is 0.341. The zero-order valence-electron chi connectivity index (χ0n) is 16.1. The third kappa shape index (κ3) is 5.68. The molecule has 0 saturated carbocycles. The lowest BCUT2D eigenvalue weighted by atomic mass is 10.1. The minimum atomic E-state index is -0.574. The van der Waals surface area contributed by atoms with Crippen LogP contribution in [0.15, 0.2) is 71.2 Å². The van der Waals surface area contributed by atoms with Gasteiger partial charge in [-0.05, 0) is 73.5 Å². The van der Waals surface area contributed by atoms with Gasteiger partial charge in [0.2, 0.25) is 0 Å². The first-order valence-corrected chi connectivity index (χ1v) is 9.78. The van der Waals surface area contributed by atoms with E-state index in [4.69, 9.17) is 9.47 Å². The number of amides is 1. The first-order valence-electron chi connectivity index (χ1n) is 8.99. The highest BCUT2D eigenvalue weighted by Gasteiger charge is 2.12. The Morgan fingerprint density at radius 3 is 2.10 bits per heavy atom. The predicted octanol–water partition coefficient (Wildman–Crippen LogP) is 5.65. The molecule has 0 saturated heterocycles. The Morgan fingerprint density at radius 1 is 0.897 bits per heavy atom. The molecule has 0 aromatic heterocycles. The van der Waals surface area contributed by atoms with Gasteiger partial charge in [-0.1, -0.05) is 34.1 Å². The molecule has 0 fully saturated rings. The van der Waals surface area contributed by atoms with Crippen LogP contribution in [0.5, 0.6) is 11.5 Å². The van der Waals surface area contributed by atoms with E-state index in [1.807, 2.05) is 56.3 Å². The van der Waals surface area contributed by atoms with Gasteiger partial charge in [-0.15, -0.1) is 0 Å². The largest absolute Gasteiger partial charge is 0.457 e. The van der Waals surface area contributed by atoms with Crippen LogP contribution < -0.4 is 10.1 Å². The molecule has 0 aliphatic carbocycles. The molecule has 148 valence electrons. The van der Waals surface area contributed by atoms with Gasteiger partial charge in [-0.25, -0.2) is 4.79 Å². The van der Waals surface area contributed by atoms with E-state index >= 15 is 0 Å². The second kappa shape index (κ2) is 9.39. The van der Waals surface area contributed by atoms with E-state index < -0.39 is 11.9 Å². The van der Waals surface area contributed by atoms with Crippen molar-refractivity contribution in [3.05, 3.63) is 87.9 Å². The van der Waals surface area contributed by atoms with Crippen LogP contribution in [0.2, 0.25) is 0 Å². The summed E-state index contributed by atoms with van der Waals surface area (Å²) in [6, 6.07) is 19.6. The summed E-state index contributed by atoms with van der Waals surface area (Å²) >= 11 is 3.49. The summed E-state index contributed by atoms with van der Waals surface area (Å²) in [5.41, 5.74) is 3.02. The molecule has 0 unspecified atom stereocenters. The summed E-state index contributed by atoms with van der Waals surface area (Å²) in [6.45, 7) is 3.52. The number of aryl methyl sites for hydroxylation is 2. The molecule has 1 N–H and O–H groups in total. The maximum absolute atomic E-state index is 12.2. The molecule has 3 aromatic rings. The van der Waals surface area contributed by atoms with E-state index in [2.05, 4.69) is 21.2 Å². The number of esters is 1. The Hall–Kier alpha value is -3.12. The van der Waals surface area contributed by atoms with Crippen LogP contribution >= 0.6 is 15.9 Å². The number of nitrogens with one attached hydrogen (secondary N) is 1. The molecule has 6 heteroatoms. The molecular weight excluding hydrogens is 434 g/mol. The van der Waals surface area contributed by atoms with Crippen molar-refractivity contribution in [3.63, 3.8) is 0 Å². The number of halogens is 1. The lowest BCUT2D eigenvalue weighted by Gasteiger charge is -2.10. The van der Waals surface area contributed by atoms with E-state index in [1.54, 1.807) is 24.3 Å². The van der Waals surface area contributed by atoms with Gasteiger partial charge in [0, 0.05) is 10.2 Å². The highest BCUT2D eigenvalue weighted by molar-refractivity contribution is 9.10. The fraction of sp³-hybridized carbons (Fsp3) is 0.130. The second-order valence-electron chi connectivity index (χ2n) is 6.49. The molecule has 0 aliphatic rings. The van der Waals surface area contributed by atoms with Crippen LogP contribution in [-0.2, 0) is 9.53 Å². The number of hydrogen-bond acceptors (Lipinski definition) is 4. The van der Waals surface area contributed by atoms with Crippen molar-refractivity contribution in [1.29, 1.82) is 0 Å². The van der Waals surface area contributed by atoms with Crippen molar-refractivity contribution >= 4 is 33.5 Å². The smallest absolute Gasteiger partial charge is 0.338 e.